The molecule has 1 aromatic heterocycles. The average Bonchev–Trinajstić information content (AvgIpc) is 2.83. The number of fused-ring (bicyclic) bond motifs is 1. The van der Waals surface area contributed by atoms with E-state index in [2.05, 4.69) is 0 Å². The molecule has 0 spiro atoms. The summed E-state index contributed by atoms with van der Waals surface area (Å²) < 4.78 is 51.6. The van der Waals surface area contributed by atoms with Gasteiger partial charge in [0.05, 0.1) is 18.1 Å². The van der Waals surface area contributed by atoms with Crippen LogP contribution < -0.4 is 0 Å². The van der Waals surface area contributed by atoms with Crippen LogP contribution in [-0.2, 0) is 19.3 Å². The first-order chi connectivity index (χ1) is 9.44. The van der Waals surface area contributed by atoms with Gasteiger partial charge in [0.2, 0.25) is 0 Å². The van der Waals surface area contributed by atoms with Crippen molar-refractivity contribution in [2.75, 3.05) is 13.2 Å². The minimum absolute atomic E-state index is 0.0994. The summed E-state index contributed by atoms with van der Waals surface area (Å²) in [7, 11) is -4.52. The van der Waals surface area contributed by atoms with Crippen LogP contribution in [0.3, 0.4) is 0 Å². The van der Waals surface area contributed by atoms with E-state index in [0.717, 1.165) is 11.3 Å². The van der Waals surface area contributed by atoms with Crippen molar-refractivity contribution in [1.29, 1.82) is 0 Å². The van der Waals surface area contributed by atoms with Crippen LogP contribution in [0.5, 0.6) is 0 Å². The van der Waals surface area contributed by atoms with Gasteiger partial charge in [0.1, 0.15) is 0 Å². The zero-order valence-corrected chi connectivity index (χ0v) is 12.8. The molecule has 110 valence electrons. The largest absolute Gasteiger partial charge is 0.405 e. The highest BCUT2D eigenvalue weighted by Crippen LogP contribution is 2.67. The number of alkyl halides is 2. The van der Waals surface area contributed by atoms with Gasteiger partial charge in [0.25, 0.3) is 0 Å². The van der Waals surface area contributed by atoms with Crippen molar-refractivity contribution < 1.29 is 22.4 Å². The Morgan fingerprint density at radius 3 is 2.35 bits per heavy atom. The van der Waals surface area contributed by atoms with Crippen molar-refractivity contribution >= 4 is 29.0 Å². The van der Waals surface area contributed by atoms with Crippen LogP contribution in [0.2, 0.25) is 0 Å². The molecule has 0 amide bonds. The molecule has 2 aromatic rings. The predicted octanol–water partition coefficient (Wildman–Crippen LogP) is 5.22. The van der Waals surface area contributed by atoms with Gasteiger partial charge in [-0.3, -0.25) is 4.57 Å². The number of hydrogen-bond acceptors (Lipinski definition) is 4. The molecule has 0 aliphatic rings. The van der Waals surface area contributed by atoms with Crippen molar-refractivity contribution in [3.63, 3.8) is 0 Å². The molecule has 0 atom stereocenters. The molecule has 3 nitrogen and oxygen atoms in total. The van der Waals surface area contributed by atoms with E-state index in [1.54, 1.807) is 24.3 Å². The van der Waals surface area contributed by atoms with Gasteiger partial charge in [-0.25, -0.2) is 0 Å². The lowest BCUT2D eigenvalue weighted by molar-refractivity contribution is 0.0392. The van der Waals surface area contributed by atoms with Crippen LogP contribution in [0.1, 0.15) is 18.7 Å². The van der Waals surface area contributed by atoms with E-state index in [-0.39, 0.29) is 18.1 Å². The van der Waals surface area contributed by atoms with Gasteiger partial charge in [0, 0.05) is 4.70 Å². The fourth-order valence-corrected chi connectivity index (χ4v) is 4.63. The molecule has 1 aromatic carbocycles. The van der Waals surface area contributed by atoms with Crippen LogP contribution in [-0.4, -0.2) is 13.2 Å². The Kier molecular flexibility index (Phi) is 4.59. The van der Waals surface area contributed by atoms with E-state index >= 15 is 0 Å². The molecule has 0 bridgehead atoms. The van der Waals surface area contributed by atoms with E-state index < -0.39 is 13.3 Å². The first-order valence-corrected chi connectivity index (χ1v) is 8.56. The molecule has 20 heavy (non-hydrogen) atoms. The van der Waals surface area contributed by atoms with E-state index in [0.29, 0.717) is 10.1 Å². The summed E-state index contributed by atoms with van der Waals surface area (Å²) in [6, 6.07) is 8.35. The van der Waals surface area contributed by atoms with E-state index in [4.69, 9.17) is 9.05 Å². The number of hydrogen-bond donors (Lipinski definition) is 0. The summed E-state index contributed by atoms with van der Waals surface area (Å²) in [5.74, 6) is 0. The quantitative estimate of drug-likeness (QED) is 0.685. The molecule has 0 saturated carbocycles. The smallest absolute Gasteiger partial charge is 0.304 e. The third-order valence-electron chi connectivity index (χ3n) is 2.66. The van der Waals surface area contributed by atoms with Crippen LogP contribution >= 0.6 is 18.9 Å². The molecule has 0 saturated heterocycles. The topological polar surface area (TPSA) is 35.5 Å². The van der Waals surface area contributed by atoms with Gasteiger partial charge in [-0.2, -0.15) is 8.78 Å². The predicted molar refractivity (Wildman–Crippen MR) is 76.6 cm³/mol. The lowest BCUT2D eigenvalue weighted by Gasteiger charge is -2.24. The van der Waals surface area contributed by atoms with Crippen LogP contribution in [0.4, 0.5) is 8.78 Å². The van der Waals surface area contributed by atoms with E-state index in [1.165, 1.54) is 19.9 Å². The van der Waals surface area contributed by atoms with Gasteiger partial charge in [-0.1, -0.05) is 18.2 Å². The Labute approximate surface area is 120 Å². The molecule has 1 heterocycles. The second-order valence-electron chi connectivity index (χ2n) is 4.02. The zero-order valence-electron chi connectivity index (χ0n) is 11.1. The first kappa shape index (κ1) is 15.6. The normalized spacial score (nSPS) is 13.0. The van der Waals surface area contributed by atoms with Crippen molar-refractivity contribution in [3.8, 4) is 0 Å². The number of benzene rings is 1. The van der Waals surface area contributed by atoms with Crippen molar-refractivity contribution in [2.24, 2.45) is 0 Å². The van der Waals surface area contributed by atoms with Gasteiger partial charge < -0.3 is 9.05 Å². The molecule has 0 N–H and O–H groups in total. The van der Waals surface area contributed by atoms with Gasteiger partial charge >= 0.3 is 13.3 Å². The monoisotopic (exact) mass is 320 g/mol. The first-order valence-electron chi connectivity index (χ1n) is 6.20. The summed E-state index contributed by atoms with van der Waals surface area (Å²) >= 11 is 0.901. The SMILES string of the molecule is CCOP(=O)(OCC)C(F)(F)c1cc2ccccc2s1. The lowest BCUT2D eigenvalue weighted by atomic mass is 10.2. The highest BCUT2D eigenvalue weighted by atomic mass is 32.1. The highest BCUT2D eigenvalue weighted by molar-refractivity contribution is 7.55. The minimum Gasteiger partial charge on any atom is -0.304 e. The van der Waals surface area contributed by atoms with Crippen LogP contribution in [0, 0.1) is 0 Å². The summed E-state index contributed by atoms with van der Waals surface area (Å²) in [5, 5.41) is 0.687. The molecule has 0 fully saturated rings. The second-order valence-corrected chi connectivity index (χ2v) is 7.18. The molecule has 2 rings (SSSR count). The molecule has 7 heteroatoms. The van der Waals surface area contributed by atoms with Crippen molar-refractivity contribution in [3.05, 3.63) is 35.2 Å². The molecule has 0 aliphatic carbocycles. The van der Waals surface area contributed by atoms with Gasteiger partial charge in [0.15, 0.2) is 0 Å². The minimum atomic E-state index is -4.52. The van der Waals surface area contributed by atoms with Crippen LogP contribution in [0.25, 0.3) is 10.1 Å². The molecule has 0 radical (unpaired) electrons. The summed E-state index contributed by atoms with van der Waals surface area (Å²) in [4.78, 5) is -0.302. The Hall–Kier alpha value is -0.810. The lowest BCUT2D eigenvalue weighted by Crippen LogP contribution is -2.16. The Balaban J connectivity index is 2.48. The average molecular weight is 320 g/mol. The van der Waals surface area contributed by atoms with E-state index in [1.807, 2.05) is 0 Å². The maximum absolute atomic E-state index is 14.5. The zero-order chi connectivity index (χ0) is 14.8. The number of thiophene rings is 1. The molecule has 0 aliphatic heterocycles. The number of halogens is 2. The second kappa shape index (κ2) is 5.90. The van der Waals surface area contributed by atoms with E-state index in [9.17, 15) is 13.3 Å². The maximum atomic E-state index is 14.5. The van der Waals surface area contributed by atoms with Gasteiger partial charge in [-0.05, 0) is 31.4 Å². The Morgan fingerprint density at radius 2 is 1.80 bits per heavy atom. The Bertz CT molecular complexity index is 598. The standard InChI is InChI=1S/C13H15F2O3PS/c1-3-17-19(16,18-4-2)13(14,15)12-9-10-7-5-6-8-11(10)20-12/h5-9H,3-4H2,1-2H3. The summed E-state index contributed by atoms with van der Waals surface area (Å²) in [6.07, 6.45) is 0. The maximum Gasteiger partial charge on any atom is 0.405 e. The van der Waals surface area contributed by atoms with Crippen LogP contribution in [0.15, 0.2) is 30.3 Å². The number of rotatable bonds is 6. The summed E-state index contributed by atoms with van der Waals surface area (Å²) in [5.41, 5.74) is -3.65. The highest BCUT2D eigenvalue weighted by Gasteiger charge is 2.55. The molecular formula is C13H15F2O3PS. The van der Waals surface area contributed by atoms with Crippen molar-refractivity contribution in [2.45, 2.75) is 19.5 Å². The third-order valence-corrected chi connectivity index (χ3v) is 6.13. The fourth-order valence-electron chi connectivity index (χ4n) is 1.80. The third kappa shape index (κ3) is 2.66. The molecular weight excluding hydrogens is 305 g/mol. The van der Waals surface area contributed by atoms with Crippen molar-refractivity contribution in [1.82, 2.24) is 0 Å². The fraction of sp³-hybridized carbons (Fsp3) is 0.385. The Morgan fingerprint density at radius 1 is 1.20 bits per heavy atom. The summed E-state index contributed by atoms with van der Waals surface area (Å²) in [6.45, 7) is 2.81. The van der Waals surface area contributed by atoms with Gasteiger partial charge in [-0.15, -0.1) is 11.3 Å². The molecule has 0 unspecified atom stereocenters.